The van der Waals surface area contributed by atoms with Gasteiger partial charge >= 0.3 is 19.5 Å². The molecule has 2 N–H and O–H groups in total. The molecule has 5 heteroatoms. The number of hydrogen-bond acceptors (Lipinski definition) is 4. The number of piperidine rings is 2. The number of carbonyl (C=O) groups is 1. The number of rotatable bonds is 1. The van der Waals surface area contributed by atoms with E-state index in [2.05, 4.69) is 95.0 Å². The minimum absolute atomic E-state index is 0.0553. The molecule has 25 heavy (non-hydrogen) atoms. The zero-order valence-electron chi connectivity index (χ0n) is 17.3. The van der Waals surface area contributed by atoms with E-state index in [1.807, 2.05) is 0 Å². The topological polar surface area (TPSA) is 58.2 Å². The fourth-order valence-corrected chi connectivity index (χ4v) is 4.36. The Labute approximate surface area is 163 Å². The number of hydrogen-bond donors (Lipinski definition) is 2. The van der Waals surface area contributed by atoms with Gasteiger partial charge in [-0.2, -0.15) is 12.8 Å². The van der Waals surface area contributed by atoms with E-state index in [0.717, 1.165) is 12.8 Å². The van der Waals surface area contributed by atoms with Gasteiger partial charge in [0.2, 0.25) is 0 Å². The van der Waals surface area contributed by atoms with Gasteiger partial charge in [0.05, 0.1) is 0 Å². The van der Waals surface area contributed by atoms with Crippen LogP contribution in [0.2, 0.25) is 0 Å². The van der Waals surface area contributed by atoms with Crippen molar-refractivity contribution in [1.82, 2.24) is 10.6 Å². The van der Waals surface area contributed by atoms with Crippen molar-refractivity contribution in [2.75, 3.05) is 0 Å². The Morgan fingerprint density at radius 3 is 1.40 bits per heavy atom. The molecule has 0 unspecified atom stereocenters. The van der Waals surface area contributed by atoms with Crippen molar-refractivity contribution in [3.05, 3.63) is 13.3 Å². The number of Topliss-reactive ketones (excluding diaryl/α,β-unsaturated/α-hetero) is 1. The normalized spacial score (nSPS) is 26.3. The molecule has 0 aromatic carbocycles. The first-order valence-corrected chi connectivity index (χ1v) is 9.45. The second-order valence-electron chi connectivity index (χ2n) is 10.1. The maximum absolute atomic E-state index is 11.2. The molecule has 0 radical (unpaired) electrons. The molecule has 151 valence electrons. The summed E-state index contributed by atoms with van der Waals surface area (Å²) in [4.78, 5) is 11.2. The van der Waals surface area contributed by atoms with Crippen molar-refractivity contribution in [1.29, 1.82) is 0 Å². The van der Waals surface area contributed by atoms with Gasteiger partial charge in [-0.25, -0.2) is 0 Å². The standard InChI is InChI=1S/C11H20NO.C9H18N.Co.O/c1-8(13)9-6-10(2,3)12-11(4,5)7-9;1-8(2)6-5-7-9(3,4)10-8;;/h9,12H,1,6-7H2,2-5H3;5,10H,6-7H2,1-4H3;;/q2*-1;;. The summed E-state index contributed by atoms with van der Waals surface area (Å²) in [5.74, 6) is 0.217. The summed E-state index contributed by atoms with van der Waals surface area (Å²) in [6, 6.07) is 0. The third kappa shape index (κ3) is 9.88. The molecule has 2 saturated heterocycles. The molecule has 2 aliphatic heterocycles. The molecule has 0 bridgehead atoms. The Bertz CT molecular complexity index is 415. The number of carbonyl (C=O) groups excluding carboxylic acids is 1. The zero-order chi connectivity index (χ0) is 20.1. The SMILES string of the molecule is CC1(C)C[CH-]CC(C)(C)N1.[CH2-]C(=O)C1CC(C)(C)NC(C)(C)C1.[O]=[Co]. The van der Waals surface area contributed by atoms with Gasteiger partial charge in [-0.05, 0) is 91.0 Å². The third-order valence-electron chi connectivity index (χ3n) is 4.63. The van der Waals surface area contributed by atoms with E-state index in [4.69, 9.17) is 3.87 Å². The van der Waals surface area contributed by atoms with Crippen LogP contribution in [0.4, 0.5) is 0 Å². The van der Waals surface area contributed by atoms with Crippen LogP contribution in [0.25, 0.3) is 0 Å². The zero-order valence-corrected chi connectivity index (χ0v) is 18.4. The summed E-state index contributed by atoms with van der Waals surface area (Å²) in [6.45, 7) is 21.1. The first-order chi connectivity index (χ1) is 11.1. The summed E-state index contributed by atoms with van der Waals surface area (Å²) in [5, 5.41) is 7.14. The van der Waals surface area contributed by atoms with Crippen molar-refractivity contribution in [3.63, 3.8) is 0 Å². The Morgan fingerprint density at radius 1 is 0.840 bits per heavy atom. The van der Waals surface area contributed by atoms with Crippen LogP contribution >= 0.6 is 0 Å². The summed E-state index contributed by atoms with van der Waals surface area (Å²) in [7, 11) is 0. The average Bonchev–Trinajstić information content (AvgIpc) is 2.35. The predicted molar refractivity (Wildman–Crippen MR) is 99.9 cm³/mol. The first kappa shape index (κ1) is 24.8. The van der Waals surface area contributed by atoms with Crippen molar-refractivity contribution >= 4 is 5.78 Å². The minimum atomic E-state index is 0.0553. The Kier molecular flexibility index (Phi) is 9.03. The molecule has 0 amide bonds. The van der Waals surface area contributed by atoms with E-state index in [9.17, 15) is 4.79 Å². The molecular formula is C20H38CoN2O2-2. The first-order valence-electron chi connectivity index (χ1n) is 9.03. The van der Waals surface area contributed by atoms with Crippen LogP contribution in [0.1, 0.15) is 81.1 Å². The van der Waals surface area contributed by atoms with Crippen LogP contribution in [0.5, 0.6) is 0 Å². The second kappa shape index (κ2) is 9.11. The summed E-state index contributed by atoms with van der Waals surface area (Å²) in [5.41, 5.74) is 0.725. The molecular weight excluding hydrogens is 359 g/mol. The van der Waals surface area contributed by atoms with Gasteiger partial charge < -0.3 is 28.8 Å². The van der Waals surface area contributed by atoms with Crippen LogP contribution in [0, 0.1) is 19.3 Å². The van der Waals surface area contributed by atoms with Crippen LogP contribution in [-0.4, -0.2) is 27.9 Å². The van der Waals surface area contributed by atoms with Gasteiger partial charge in [0.1, 0.15) is 0 Å². The van der Waals surface area contributed by atoms with E-state index < -0.39 is 0 Å². The molecule has 4 nitrogen and oxygen atoms in total. The van der Waals surface area contributed by atoms with E-state index in [0.29, 0.717) is 11.1 Å². The van der Waals surface area contributed by atoms with E-state index >= 15 is 0 Å². The quantitative estimate of drug-likeness (QED) is 0.658. The van der Waals surface area contributed by atoms with Crippen molar-refractivity contribution in [2.24, 2.45) is 5.92 Å². The Morgan fingerprint density at radius 2 is 1.16 bits per heavy atom. The van der Waals surface area contributed by atoms with Crippen molar-refractivity contribution in [3.8, 4) is 0 Å². The average molecular weight is 397 g/mol. The fraction of sp³-hybridized carbons (Fsp3) is 0.850. The molecule has 2 aliphatic rings. The third-order valence-corrected chi connectivity index (χ3v) is 4.63. The molecule has 0 spiro atoms. The summed E-state index contributed by atoms with van der Waals surface area (Å²) in [6.07, 6.45) is 6.57. The van der Waals surface area contributed by atoms with Crippen LogP contribution in [-0.2, 0) is 24.3 Å². The molecule has 0 aromatic heterocycles. The molecule has 0 saturated carbocycles. The van der Waals surface area contributed by atoms with Gasteiger partial charge in [0.25, 0.3) is 0 Å². The van der Waals surface area contributed by atoms with E-state index in [1.54, 1.807) is 0 Å². The van der Waals surface area contributed by atoms with E-state index in [1.165, 1.54) is 12.8 Å². The van der Waals surface area contributed by atoms with Crippen molar-refractivity contribution < 1.29 is 24.3 Å². The Hall–Kier alpha value is -0.234. The van der Waals surface area contributed by atoms with Crippen LogP contribution in [0.15, 0.2) is 0 Å². The van der Waals surface area contributed by atoms with Gasteiger partial charge in [0.15, 0.2) is 0 Å². The van der Waals surface area contributed by atoms with E-state index in [-0.39, 0.29) is 22.8 Å². The van der Waals surface area contributed by atoms with Crippen LogP contribution < -0.4 is 10.6 Å². The molecule has 0 aromatic rings. The molecule has 0 atom stereocenters. The number of nitrogens with one attached hydrogen (secondary N) is 2. The number of ketones is 1. The van der Waals surface area contributed by atoms with Gasteiger partial charge in [-0.15, -0.1) is 0 Å². The van der Waals surface area contributed by atoms with Crippen LogP contribution in [0.3, 0.4) is 0 Å². The predicted octanol–water partition coefficient (Wildman–Crippen LogP) is 3.96. The van der Waals surface area contributed by atoms with Crippen molar-refractivity contribution in [2.45, 2.75) is 103 Å². The summed E-state index contributed by atoms with van der Waals surface area (Å²) >= 11 is 2.31. The molecule has 2 fully saturated rings. The molecule has 0 aliphatic carbocycles. The van der Waals surface area contributed by atoms with Gasteiger partial charge in [0, 0.05) is 11.1 Å². The monoisotopic (exact) mass is 397 g/mol. The molecule has 2 rings (SSSR count). The Balaban J connectivity index is 0.000000430. The molecule has 2 heterocycles. The fourth-order valence-electron chi connectivity index (χ4n) is 4.36. The van der Waals surface area contributed by atoms with Gasteiger partial charge in [-0.3, -0.25) is 0 Å². The van der Waals surface area contributed by atoms with Gasteiger partial charge in [-0.1, -0.05) is 0 Å². The summed E-state index contributed by atoms with van der Waals surface area (Å²) < 4.78 is 7.94. The second-order valence-corrected chi connectivity index (χ2v) is 10.1. The maximum atomic E-state index is 11.2.